The second-order valence-corrected chi connectivity index (χ2v) is 9.51. The van der Waals surface area contributed by atoms with Crippen molar-refractivity contribution in [3.05, 3.63) is 70.5 Å². The van der Waals surface area contributed by atoms with Crippen LogP contribution < -0.4 is 5.32 Å². The number of aromatic nitrogens is 2. The molecule has 0 unspecified atom stereocenters. The van der Waals surface area contributed by atoms with Crippen LogP contribution in [0.5, 0.6) is 0 Å². The minimum Gasteiger partial charge on any atom is -0.298 e. The lowest BCUT2D eigenvalue weighted by Crippen LogP contribution is -2.35. The van der Waals surface area contributed by atoms with Crippen LogP contribution in [0.25, 0.3) is 0 Å². The van der Waals surface area contributed by atoms with E-state index in [0.717, 1.165) is 16.1 Å². The van der Waals surface area contributed by atoms with Crippen LogP contribution in [0.4, 0.5) is 5.13 Å². The van der Waals surface area contributed by atoms with Gasteiger partial charge in [0.1, 0.15) is 0 Å². The van der Waals surface area contributed by atoms with Crippen molar-refractivity contribution in [3.63, 3.8) is 0 Å². The number of pyridine rings is 1. The van der Waals surface area contributed by atoms with Crippen LogP contribution in [0.3, 0.4) is 0 Å². The largest absolute Gasteiger partial charge is 0.298 e. The molecule has 9 heteroatoms. The van der Waals surface area contributed by atoms with Gasteiger partial charge in [0.25, 0.3) is 5.91 Å². The third-order valence-corrected chi connectivity index (χ3v) is 7.36. The molecule has 0 spiro atoms. The van der Waals surface area contributed by atoms with E-state index in [0.29, 0.717) is 23.7 Å². The first-order valence-electron chi connectivity index (χ1n) is 8.70. The van der Waals surface area contributed by atoms with Gasteiger partial charge in [0.2, 0.25) is 10.0 Å². The standard InChI is InChI=1S/C19H18N4O3S2/c1-13-4-6-15(7-5-13)28(25,26)23-10-8-16-17(12-23)27-19(21-16)22-18(24)14-3-2-9-20-11-14/h2-7,9,11H,8,10,12H2,1H3,(H,21,22,24). The quantitative estimate of drug-likeness (QED) is 0.709. The molecular weight excluding hydrogens is 396 g/mol. The molecule has 1 N–H and O–H groups in total. The van der Waals surface area contributed by atoms with Crippen molar-refractivity contribution in [1.29, 1.82) is 0 Å². The number of fused-ring (bicyclic) bond motifs is 1. The number of hydrogen-bond acceptors (Lipinski definition) is 6. The monoisotopic (exact) mass is 414 g/mol. The molecular formula is C19H18N4O3S2. The fraction of sp³-hybridized carbons (Fsp3) is 0.211. The Bertz CT molecular complexity index is 1110. The number of aryl methyl sites for hydroxylation is 1. The molecule has 3 heterocycles. The topological polar surface area (TPSA) is 92.3 Å². The van der Waals surface area contributed by atoms with E-state index < -0.39 is 10.0 Å². The molecule has 28 heavy (non-hydrogen) atoms. The van der Waals surface area contributed by atoms with Gasteiger partial charge in [-0.15, -0.1) is 11.3 Å². The van der Waals surface area contributed by atoms with Gasteiger partial charge in [-0.25, -0.2) is 13.4 Å². The average Bonchev–Trinajstić information content (AvgIpc) is 3.10. The number of nitrogens with zero attached hydrogens (tertiary/aromatic N) is 3. The Kier molecular flexibility index (Phi) is 4.96. The van der Waals surface area contributed by atoms with E-state index in [1.165, 1.54) is 21.8 Å². The highest BCUT2D eigenvalue weighted by Crippen LogP contribution is 2.31. The van der Waals surface area contributed by atoms with Crippen molar-refractivity contribution in [3.8, 4) is 0 Å². The van der Waals surface area contributed by atoms with E-state index >= 15 is 0 Å². The summed E-state index contributed by atoms with van der Waals surface area (Å²) in [5.41, 5.74) is 2.29. The summed E-state index contributed by atoms with van der Waals surface area (Å²) in [5, 5.41) is 3.23. The maximum Gasteiger partial charge on any atom is 0.259 e. The second kappa shape index (κ2) is 7.42. The third-order valence-electron chi connectivity index (χ3n) is 4.50. The average molecular weight is 415 g/mol. The molecule has 1 aliphatic rings. The summed E-state index contributed by atoms with van der Waals surface area (Å²) in [6, 6.07) is 10.2. The summed E-state index contributed by atoms with van der Waals surface area (Å²) < 4.78 is 27.3. The Morgan fingerprint density at radius 1 is 1.21 bits per heavy atom. The third kappa shape index (κ3) is 3.68. The summed E-state index contributed by atoms with van der Waals surface area (Å²) in [4.78, 5) is 21.8. The number of sulfonamides is 1. The highest BCUT2D eigenvalue weighted by molar-refractivity contribution is 7.89. The molecule has 4 rings (SSSR count). The SMILES string of the molecule is Cc1ccc(S(=O)(=O)N2CCc3nc(NC(=O)c4cccnc4)sc3C2)cc1. The van der Waals surface area contributed by atoms with Gasteiger partial charge in [-0.3, -0.25) is 15.1 Å². The molecule has 3 aromatic rings. The first-order valence-corrected chi connectivity index (χ1v) is 11.0. The minimum absolute atomic E-state index is 0.256. The van der Waals surface area contributed by atoms with Gasteiger partial charge in [0.15, 0.2) is 5.13 Å². The molecule has 1 aliphatic heterocycles. The Balaban J connectivity index is 1.52. The van der Waals surface area contributed by atoms with Crippen molar-refractivity contribution in [2.75, 3.05) is 11.9 Å². The number of carbonyl (C=O) groups is 1. The van der Waals surface area contributed by atoms with Crippen molar-refractivity contribution in [2.45, 2.75) is 24.8 Å². The zero-order valence-corrected chi connectivity index (χ0v) is 16.8. The van der Waals surface area contributed by atoms with Gasteiger partial charge in [-0.2, -0.15) is 4.31 Å². The number of hydrogen-bond donors (Lipinski definition) is 1. The zero-order chi connectivity index (χ0) is 19.7. The van der Waals surface area contributed by atoms with Gasteiger partial charge in [0.05, 0.1) is 22.7 Å². The lowest BCUT2D eigenvalue weighted by molar-refractivity contribution is 0.102. The first kappa shape index (κ1) is 18.7. The summed E-state index contributed by atoms with van der Waals surface area (Å²) in [5.74, 6) is -0.289. The maximum atomic E-state index is 12.9. The highest BCUT2D eigenvalue weighted by Gasteiger charge is 2.30. The Labute approximate surface area is 167 Å². The summed E-state index contributed by atoms with van der Waals surface area (Å²) in [7, 11) is -3.56. The predicted molar refractivity (Wildman–Crippen MR) is 107 cm³/mol. The van der Waals surface area contributed by atoms with Gasteiger partial charge < -0.3 is 0 Å². The Morgan fingerprint density at radius 2 is 2.00 bits per heavy atom. The number of amides is 1. The first-order chi connectivity index (χ1) is 13.4. The molecule has 1 aromatic carbocycles. The normalized spacial score (nSPS) is 14.5. The van der Waals surface area contributed by atoms with Gasteiger partial charge in [-0.1, -0.05) is 17.7 Å². The van der Waals surface area contributed by atoms with Crippen LogP contribution in [0.15, 0.2) is 53.7 Å². The number of benzene rings is 1. The maximum absolute atomic E-state index is 12.9. The van der Waals surface area contributed by atoms with Crippen LogP contribution in [0.1, 0.15) is 26.5 Å². The molecule has 0 bridgehead atoms. The van der Waals surface area contributed by atoms with Crippen LogP contribution >= 0.6 is 11.3 Å². The number of carbonyl (C=O) groups excluding carboxylic acids is 1. The fourth-order valence-corrected chi connectivity index (χ4v) is 5.47. The Hall–Kier alpha value is -2.62. The van der Waals surface area contributed by atoms with Crippen LogP contribution in [0.2, 0.25) is 0 Å². The van der Waals surface area contributed by atoms with Crippen LogP contribution in [0, 0.1) is 6.92 Å². The minimum atomic E-state index is -3.56. The van der Waals surface area contributed by atoms with Crippen molar-refractivity contribution < 1.29 is 13.2 Å². The van der Waals surface area contributed by atoms with E-state index in [1.54, 1.807) is 42.6 Å². The van der Waals surface area contributed by atoms with Gasteiger partial charge >= 0.3 is 0 Å². The van der Waals surface area contributed by atoms with Gasteiger partial charge in [0, 0.05) is 30.2 Å². The van der Waals surface area contributed by atoms with E-state index in [2.05, 4.69) is 15.3 Å². The molecule has 2 aromatic heterocycles. The molecule has 0 saturated carbocycles. The smallest absolute Gasteiger partial charge is 0.259 e. The Morgan fingerprint density at radius 3 is 2.71 bits per heavy atom. The van der Waals surface area contributed by atoms with Crippen molar-refractivity contribution >= 4 is 32.4 Å². The van der Waals surface area contributed by atoms with E-state index in [9.17, 15) is 13.2 Å². The van der Waals surface area contributed by atoms with Crippen molar-refractivity contribution in [1.82, 2.24) is 14.3 Å². The summed E-state index contributed by atoms with van der Waals surface area (Å²) in [6.07, 6.45) is 3.60. The molecule has 7 nitrogen and oxygen atoms in total. The van der Waals surface area contributed by atoms with Crippen LogP contribution in [-0.4, -0.2) is 35.1 Å². The second-order valence-electron chi connectivity index (χ2n) is 6.49. The molecule has 0 aliphatic carbocycles. The molecule has 0 saturated heterocycles. The zero-order valence-electron chi connectivity index (χ0n) is 15.1. The molecule has 0 radical (unpaired) electrons. The lowest BCUT2D eigenvalue weighted by Gasteiger charge is -2.25. The number of rotatable bonds is 4. The number of thiazole rings is 1. The molecule has 1 amide bonds. The van der Waals surface area contributed by atoms with Crippen LogP contribution in [-0.2, 0) is 23.0 Å². The number of anilines is 1. The molecule has 0 atom stereocenters. The molecule has 0 fully saturated rings. The number of nitrogens with one attached hydrogen (secondary N) is 1. The lowest BCUT2D eigenvalue weighted by atomic mass is 10.2. The fourth-order valence-electron chi connectivity index (χ4n) is 2.96. The van der Waals surface area contributed by atoms with Gasteiger partial charge in [-0.05, 0) is 31.2 Å². The summed E-state index contributed by atoms with van der Waals surface area (Å²) >= 11 is 1.31. The highest BCUT2D eigenvalue weighted by atomic mass is 32.2. The van der Waals surface area contributed by atoms with E-state index in [-0.39, 0.29) is 17.3 Å². The molecule has 144 valence electrons. The van der Waals surface area contributed by atoms with E-state index in [4.69, 9.17) is 0 Å². The van der Waals surface area contributed by atoms with Crippen molar-refractivity contribution in [2.24, 2.45) is 0 Å². The predicted octanol–water partition coefficient (Wildman–Crippen LogP) is 2.85. The summed E-state index contributed by atoms with van der Waals surface area (Å²) in [6.45, 7) is 2.54. The van der Waals surface area contributed by atoms with E-state index in [1.807, 2.05) is 6.92 Å².